The first-order chi connectivity index (χ1) is 3.72. The van der Waals surface area contributed by atoms with Crippen LogP contribution in [0.25, 0.3) is 0 Å². The lowest BCUT2D eigenvalue weighted by molar-refractivity contribution is 0.206. The molecule has 0 saturated carbocycles. The molecule has 5 heteroatoms. The Morgan fingerprint density at radius 1 is 1.88 bits per heavy atom. The first kappa shape index (κ1) is 5.33. The molecule has 0 aromatic carbocycles. The van der Waals surface area contributed by atoms with Crippen molar-refractivity contribution in [3.8, 4) is 0 Å². The third-order valence-electron chi connectivity index (χ3n) is 1.04. The van der Waals surface area contributed by atoms with Gasteiger partial charge < -0.3 is 0 Å². The molecule has 1 aliphatic rings. The Hall–Kier alpha value is -0.810. The molecule has 1 atom stereocenters. The van der Waals surface area contributed by atoms with Crippen LogP contribution in [0.4, 0.5) is 4.79 Å². The standard InChI is InChI=1S/C3H8N4O/c1-2-5-6-3(8)7(2)4/h2,5H,4H2,1H3,(H,6,8). The molecule has 0 aliphatic carbocycles. The molecule has 5 nitrogen and oxygen atoms in total. The summed E-state index contributed by atoms with van der Waals surface area (Å²) in [4.78, 5) is 10.4. The number of hydrogen-bond acceptors (Lipinski definition) is 3. The molecule has 0 aromatic heterocycles. The van der Waals surface area contributed by atoms with E-state index >= 15 is 0 Å². The highest BCUT2D eigenvalue weighted by molar-refractivity contribution is 5.74. The Labute approximate surface area is 46.8 Å². The zero-order valence-corrected chi connectivity index (χ0v) is 4.51. The summed E-state index contributed by atoms with van der Waals surface area (Å²) in [5.74, 6) is 5.18. The second kappa shape index (κ2) is 1.61. The average molecular weight is 116 g/mol. The van der Waals surface area contributed by atoms with E-state index in [0.717, 1.165) is 5.01 Å². The summed E-state index contributed by atoms with van der Waals surface area (Å²) < 4.78 is 0. The molecule has 1 unspecified atom stereocenters. The maximum Gasteiger partial charge on any atom is 0.347 e. The van der Waals surface area contributed by atoms with Crippen molar-refractivity contribution in [1.82, 2.24) is 15.9 Å². The molecule has 0 aromatic rings. The van der Waals surface area contributed by atoms with Gasteiger partial charge in [0.05, 0.1) is 0 Å². The normalized spacial score (nSPS) is 28.5. The molecule has 1 rings (SSSR count). The highest BCUT2D eigenvalue weighted by atomic mass is 16.2. The molecule has 0 spiro atoms. The number of hydrazine groups is 2. The molecule has 4 N–H and O–H groups in total. The van der Waals surface area contributed by atoms with E-state index in [1.807, 2.05) is 0 Å². The maximum absolute atomic E-state index is 10.4. The van der Waals surface area contributed by atoms with Crippen molar-refractivity contribution in [3.63, 3.8) is 0 Å². The van der Waals surface area contributed by atoms with Gasteiger partial charge in [0.2, 0.25) is 0 Å². The molecule has 1 fully saturated rings. The van der Waals surface area contributed by atoms with Crippen LogP contribution in [0.2, 0.25) is 0 Å². The maximum atomic E-state index is 10.4. The minimum Gasteiger partial charge on any atom is -0.270 e. The number of carbonyl (C=O) groups is 1. The average Bonchev–Trinajstić information content (AvgIpc) is 1.98. The van der Waals surface area contributed by atoms with E-state index in [2.05, 4.69) is 10.9 Å². The molecule has 2 amide bonds. The minimum atomic E-state index is -0.294. The largest absolute Gasteiger partial charge is 0.347 e. The lowest BCUT2D eigenvalue weighted by Crippen LogP contribution is -2.39. The Bertz CT molecular complexity index is 114. The number of nitrogens with two attached hydrogens (primary N) is 1. The van der Waals surface area contributed by atoms with Crippen LogP contribution in [-0.4, -0.2) is 17.2 Å². The number of nitrogens with one attached hydrogen (secondary N) is 2. The van der Waals surface area contributed by atoms with Crippen molar-refractivity contribution in [3.05, 3.63) is 0 Å². The summed E-state index contributed by atoms with van der Waals surface area (Å²) >= 11 is 0. The molecule has 0 bridgehead atoms. The van der Waals surface area contributed by atoms with E-state index in [-0.39, 0.29) is 12.2 Å². The van der Waals surface area contributed by atoms with Gasteiger partial charge in [0.25, 0.3) is 0 Å². The van der Waals surface area contributed by atoms with E-state index in [0.29, 0.717) is 0 Å². The van der Waals surface area contributed by atoms with E-state index in [9.17, 15) is 4.79 Å². The quantitative estimate of drug-likeness (QED) is 0.273. The van der Waals surface area contributed by atoms with Crippen LogP contribution in [0.3, 0.4) is 0 Å². The molecule has 8 heavy (non-hydrogen) atoms. The summed E-state index contributed by atoms with van der Waals surface area (Å²) in [6.45, 7) is 1.78. The van der Waals surface area contributed by atoms with Crippen LogP contribution in [0.5, 0.6) is 0 Å². The highest BCUT2D eigenvalue weighted by Crippen LogP contribution is 1.91. The molecule has 0 radical (unpaired) electrons. The molecule has 1 heterocycles. The topological polar surface area (TPSA) is 70.4 Å². The van der Waals surface area contributed by atoms with Crippen molar-refractivity contribution >= 4 is 6.03 Å². The van der Waals surface area contributed by atoms with Gasteiger partial charge in [0.1, 0.15) is 6.17 Å². The number of amides is 2. The van der Waals surface area contributed by atoms with Crippen LogP contribution in [0, 0.1) is 0 Å². The summed E-state index contributed by atoms with van der Waals surface area (Å²) in [6.07, 6.45) is -0.109. The van der Waals surface area contributed by atoms with Crippen LogP contribution < -0.4 is 16.7 Å². The van der Waals surface area contributed by atoms with Gasteiger partial charge in [0, 0.05) is 0 Å². The predicted molar refractivity (Wildman–Crippen MR) is 27.2 cm³/mol. The van der Waals surface area contributed by atoms with Crippen molar-refractivity contribution in [2.75, 3.05) is 0 Å². The molecule has 46 valence electrons. The lowest BCUT2D eigenvalue weighted by Gasteiger charge is -2.09. The van der Waals surface area contributed by atoms with Gasteiger partial charge >= 0.3 is 6.03 Å². The smallest absolute Gasteiger partial charge is 0.270 e. The number of carbonyl (C=O) groups excluding carboxylic acids is 1. The molecular formula is C3H8N4O. The second-order valence-electron chi connectivity index (χ2n) is 1.66. The van der Waals surface area contributed by atoms with Crippen molar-refractivity contribution in [2.45, 2.75) is 13.1 Å². The van der Waals surface area contributed by atoms with Gasteiger partial charge in [-0.3, -0.25) is 5.43 Å². The van der Waals surface area contributed by atoms with Gasteiger partial charge in [-0.2, -0.15) is 0 Å². The van der Waals surface area contributed by atoms with Crippen molar-refractivity contribution in [1.29, 1.82) is 0 Å². The van der Waals surface area contributed by atoms with Crippen molar-refractivity contribution in [2.24, 2.45) is 5.84 Å². The van der Waals surface area contributed by atoms with Crippen molar-refractivity contribution < 1.29 is 4.79 Å². The summed E-state index contributed by atoms with van der Waals surface area (Å²) in [5, 5.41) is 1.08. The van der Waals surface area contributed by atoms with Gasteiger partial charge in [-0.1, -0.05) is 0 Å². The van der Waals surface area contributed by atoms with Crippen LogP contribution in [0.1, 0.15) is 6.92 Å². The number of hydrogen-bond donors (Lipinski definition) is 3. The number of urea groups is 1. The first-order valence-electron chi connectivity index (χ1n) is 2.31. The van der Waals surface area contributed by atoms with Crippen LogP contribution >= 0.6 is 0 Å². The van der Waals surface area contributed by atoms with Gasteiger partial charge in [0.15, 0.2) is 0 Å². The van der Waals surface area contributed by atoms with E-state index in [4.69, 9.17) is 5.84 Å². The predicted octanol–water partition coefficient (Wildman–Crippen LogP) is -1.26. The van der Waals surface area contributed by atoms with E-state index < -0.39 is 0 Å². The monoisotopic (exact) mass is 116 g/mol. The second-order valence-corrected chi connectivity index (χ2v) is 1.66. The molecule has 1 saturated heterocycles. The molecule has 1 aliphatic heterocycles. The Kier molecular flexibility index (Phi) is 1.07. The van der Waals surface area contributed by atoms with Gasteiger partial charge in [-0.15, -0.1) is 0 Å². The first-order valence-corrected chi connectivity index (χ1v) is 2.31. The molecular weight excluding hydrogens is 108 g/mol. The summed E-state index contributed by atoms with van der Waals surface area (Å²) in [5.41, 5.74) is 4.95. The van der Waals surface area contributed by atoms with E-state index in [1.165, 1.54) is 0 Å². The Morgan fingerprint density at radius 3 is 2.62 bits per heavy atom. The highest BCUT2D eigenvalue weighted by Gasteiger charge is 2.22. The Balaban J connectivity index is 2.56. The van der Waals surface area contributed by atoms with Gasteiger partial charge in [-0.25, -0.2) is 21.1 Å². The number of rotatable bonds is 0. The van der Waals surface area contributed by atoms with Gasteiger partial charge in [-0.05, 0) is 6.92 Å². The SMILES string of the molecule is CC1NNC(=O)N1N. The zero-order valence-electron chi connectivity index (χ0n) is 4.51. The van der Waals surface area contributed by atoms with Crippen LogP contribution in [-0.2, 0) is 0 Å². The number of nitrogens with zero attached hydrogens (tertiary/aromatic N) is 1. The Morgan fingerprint density at radius 2 is 2.50 bits per heavy atom. The summed E-state index contributed by atoms with van der Waals surface area (Å²) in [6, 6.07) is -0.294. The lowest BCUT2D eigenvalue weighted by atomic mass is 10.6. The fraction of sp³-hybridized carbons (Fsp3) is 0.667. The fourth-order valence-corrected chi connectivity index (χ4v) is 0.476. The van der Waals surface area contributed by atoms with Crippen LogP contribution in [0.15, 0.2) is 0 Å². The zero-order chi connectivity index (χ0) is 6.15. The van der Waals surface area contributed by atoms with E-state index in [1.54, 1.807) is 6.92 Å². The third-order valence-corrected chi connectivity index (χ3v) is 1.04. The third kappa shape index (κ3) is 0.613. The fourth-order valence-electron chi connectivity index (χ4n) is 0.476. The minimum absolute atomic E-state index is 0.109. The summed E-state index contributed by atoms with van der Waals surface area (Å²) in [7, 11) is 0.